The molecule has 3 heteroatoms. The Morgan fingerprint density at radius 3 is 2.19 bits per heavy atom. The van der Waals surface area contributed by atoms with Gasteiger partial charge in [0, 0.05) is 30.6 Å². The summed E-state index contributed by atoms with van der Waals surface area (Å²) < 4.78 is 0. The lowest BCUT2D eigenvalue weighted by Crippen LogP contribution is -2.72. The van der Waals surface area contributed by atoms with Crippen LogP contribution in [-0.2, 0) is 0 Å². The van der Waals surface area contributed by atoms with Crippen molar-refractivity contribution in [3.63, 3.8) is 0 Å². The average molecular weight is 223 g/mol. The maximum Gasteiger partial charge on any atom is 0.194 e. The molecule has 0 bridgehead atoms. The predicted octanol–water partition coefficient (Wildman–Crippen LogP) is 2.09. The van der Waals surface area contributed by atoms with Gasteiger partial charge in [0.15, 0.2) is 5.96 Å². The summed E-state index contributed by atoms with van der Waals surface area (Å²) in [6.07, 6.45) is 1.29. The van der Waals surface area contributed by atoms with Crippen LogP contribution < -0.4 is 5.32 Å². The molecule has 0 aromatic rings. The van der Waals surface area contributed by atoms with E-state index in [4.69, 9.17) is 0 Å². The highest BCUT2D eigenvalue weighted by Crippen LogP contribution is 2.46. The molecule has 1 aliphatic heterocycles. The Balaban J connectivity index is 2.02. The largest absolute Gasteiger partial charge is 0.353 e. The molecule has 1 aliphatic carbocycles. The third-order valence-corrected chi connectivity index (χ3v) is 4.78. The lowest BCUT2D eigenvalue weighted by atomic mass is 9.65. The molecule has 3 nitrogen and oxygen atoms in total. The van der Waals surface area contributed by atoms with E-state index in [1.807, 2.05) is 7.05 Å². The van der Waals surface area contributed by atoms with Crippen LogP contribution in [-0.4, -0.2) is 36.0 Å². The second kappa shape index (κ2) is 3.38. The van der Waals surface area contributed by atoms with E-state index >= 15 is 0 Å². The molecule has 1 N–H and O–H groups in total. The quantitative estimate of drug-likeness (QED) is 0.544. The fourth-order valence-electron chi connectivity index (χ4n) is 2.35. The first-order chi connectivity index (χ1) is 7.29. The number of hydrogen-bond donors (Lipinski definition) is 1. The summed E-state index contributed by atoms with van der Waals surface area (Å²) in [5.41, 5.74) is 0.576. The van der Waals surface area contributed by atoms with E-state index in [0.717, 1.165) is 18.4 Å². The number of nitrogens with zero attached hydrogens (tertiary/aromatic N) is 2. The summed E-state index contributed by atoms with van der Waals surface area (Å²) in [7, 11) is 1.89. The Kier molecular flexibility index (Phi) is 2.48. The SMILES string of the molecule is CN=C(NC1CC1C)N1CC(C)(C)C1(C)C. The van der Waals surface area contributed by atoms with Crippen molar-refractivity contribution in [2.24, 2.45) is 16.3 Å². The number of aliphatic imine (C=N–C) groups is 1. The van der Waals surface area contributed by atoms with E-state index < -0.39 is 0 Å². The van der Waals surface area contributed by atoms with Gasteiger partial charge < -0.3 is 10.2 Å². The van der Waals surface area contributed by atoms with Crippen molar-refractivity contribution in [1.29, 1.82) is 0 Å². The van der Waals surface area contributed by atoms with Crippen molar-refractivity contribution in [2.45, 2.75) is 52.6 Å². The minimum absolute atomic E-state index is 0.201. The van der Waals surface area contributed by atoms with Gasteiger partial charge in [-0.3, -0.25) is 4.99 Å². The summed E-state index contributed by atoms with van der Waals surface area (Å²) in [6, 6.07) is 0.651. The lowest BCUT2D eigenvalue weighted by molar-refractivity contribution is -0.0668. The van der Waals surface area contributed by atoms with E-state index in [0.29, 0.717) is 11.5 Å². The Labute approximate surface area is 99.3 Å². The molecule has 2 fully saturated rings. The molecule has 0 aromatic heterocycles. The fourth-order valence-corrected chi connectivity index (χ4v) is 2.35. The Hall–Kier alpha value is -0.730. The van der Waals surface area contributed by atoms with Crippen LogP contribution in [0, 0.1) is 11.3 Å². The molecular weight excluding hydrogens is 198 g/mol. The third kappa shape index (κ3) is 1.61. The van der Waals surface area contributed by atoms with E-state index in [1.165, 1.54) is 6.42 Å². The zero-order valence-corrected chi connectivity index (χ0v) is 11.5. The molecule has 0 aromatic carbocycles. The van der Waals surface area contributed by atoms with Crippen molar-refractivity contribution in [3.05, 3.63) is 0 Å². The summed E-state index contributed by atoms with van der Waals surface area (Å²) in [5, 5.41) is 3.56. The summed E-state index contributed by atoms with van der Waals surface area (Å²) >= 11 is 0. The first-order valence-corrected chi connectivity index (χ1v) is 6.30. The molecule has 0 amide bonds. The third-order valence-electron chi connectivity index (χ3n) is 4.78. The van der Waals surface area contributed by atoms with Crippen molar-refractivity contribution in [2.75, 3.05) is 13.6 Å². The minimum Gasteiger partial charge on any atom is -0.353 e. The summed E-state index contributed by atoms with van der Waals surface area (Å²) in [4.78, 5) is 6.82. The highest BCUT2D eigenvalue weighted by Gasteiger charge is 2.54. The van der Waals surface area contributed by atoms with E-state index in [9.17, 15) is 0 Å². The number of rotatable bonds is 1. The Morgan fingerprint density at radius 1 is 1.31 bits per heavy atom. The van der Waals surface area contributed by atoms with Crippen molar-refractivity contribution < 1.29 is 0 Å². The zero-order chi connectivity index (χ0) is 12.1. The van der Waals surface area contributed by atoms with Gasteiger partial charge in [-0.25, -0.2) is 0 Å². The van der Waals surface area contributed by atoms with Gasteiger partial charge in [-0.15, -0.1) is 0 Å². The number of guanidine groups is 1. The summed E-state index contributed by atoms with van der Waals surface area (Å²) in [5.74, 6) is 1.90. The highest BCUT2D eigenvalue weighted by atomic mass is 15.4. The van der Waals surface area contributed by atoms with Crippen LogP contribution in [0.4, 0.5) is 0 Å². The number of nitrogens with one attached hydrogen (secondary N) is 1. The molecule has 2 unspecified atom stereocenters. The first kappa shape index (κ1) is 11.7. The molecule has 1 saturated heterocycles. The van der Waals surface area contributed by atoms with Gasteiger partial charge >= 0.3 is 0 Å². The van der Waals surface area contributed by atoms with Crippen molar-refractivity contribution in [1.82, 2.24) is 10.2 Å². The molecule has 16 heavy (non-hydrogen) atoms. The van der Waals surface area contributed by atoms with Crippen LogP contribution in [0.25, 0.3) is 0 Å². The maximum atomic E-state index is 4.42. The molecule has 92 valence electrons. The number of likely N-dealkylation sites (tertiary alicyclic amines) is 1. The van der Waals surface area contributed by atoms with Gasteiger partial charge in [0.05, 0.1) is 0 Å². The Morgan fingerprint density at radius 2 is 1.88 bits per heavy atom. The van der Waals surface area contributed by atoms with E-state index in [1.54, 1.807) is 0 Å². The van der Waals surface area contributed by atoms with E-state index in [-0.39, 0.29) is 5.54 Å². The monoisotopic (exact) mass is 223 g/mol. The van der Waals surface area contributed by atoms with Crippen LogP contribution in [0.3, 0.4) is 0 Å². The van der Waals surface area contributed by atoms with Crippen LogP contribution in [0.1, 0.15) is 41.0 Å². The van der Waals surface area contributed by atoms with Gasteiger partial charge in [0.25, 0.3) is 0 Å². The van der Waals surface area contributed by atoms with Gasteiger partial charge in [0.2, 0.25) is 0 Å². The van der Waals surface area contributed by atoms with Crippen LogP contribution in [0.15, 0.2) is 4.99 Å². The first-order valence-electron chi connectivity index (χ1n) is 6.30. The molecular formula is C13H25N3. The molecule has 2 rings (SSSR count). The molecule has 1 heterocycles. The summed E-state index contributed by atoms with van der Waals surface area (Å²) in [6.45, 7) is 12.7. The zero-order valence-electron chi connectivity index (χ0n) is 11.5. The van der Waals surface area contributed by atoms with Gasteiger partial charge in [-0.1, -0.05) is 20.8 Å². The molecule has 2 atom stereocenters. The second-order valence-corrected chi connectivity index (χ2v) is 6.54. The Bertz CT molecular complexity index is 317. The van der Waals surface area contributed by atoms with Gasteiger partial charge in [0.1, 0.15) is 0 Å². The number of hydrogen-bond acceptors (Lipinski definition) is 1. The van der Waals surface area contributed by atoms with Crippen molar-refractivity contribution >= 4 is 5.96 Å². The van der Waals surface area contributed by atoms with Crippen LogP contribution >= 0.6 is 0 Å². The highest BCUT2D eigenvalue weighted by molar-refractivity contribution is 5.82. The second-order valence-electron chi connectivity index (χ2n) is 6.54. The van der Waals surface area contributed by atoms with Crippen LogP contribution in [0.5, 0.6) is 0 Å². The average Bonchev–Trinajstić information content (AvgIpc) is 2.88. The fraction of sp³-hybridized carbons (Fsp3) is 0.923. The molecule has 0 radical (unpaired) electrons. The van der Waals surface area contributed by atoms with Gasteiger partial charge in [-0.2, -0.15) is 0 Å². The standard InChI is InChI=1S/C13H25N3/c1-9-7-10(9)15-11(14-6)16-8-12(2,3)13(16,4)5/h9-10H,7-8H2,1-6H3,(H,14,15). The maximum absolute atomic E-state index is 4.42. The minimum atomic E-state index is 0.201. The molecule has 0 spiro atoms. The predicted molar refractivity (Wildman–Crippen MR) is 68.6 cm³/mol. The normalized spacial score (nSPS) is 35.6. The smallest absolute Gasteiger partial charge is 0.194 e. The van der Waals surface area contributed by atoms with Crippen molar-refractivity contribution in [3.8, 4) is 0 Å². The lowest BCUT2D eigenvalue weighted by Gasteiger charge is -2.62. The molecule has 1 saturated carbocycles. The van der Waals surface area contributed by atoms with Crippen LogP contribution in [0.2, 0.25) is 0 Å². The van der Waals surface area contributed by atoms with Gasteiger partial charge in [-0.05, 0) is 26.2 Å². The van der Waals surface area contributed by atoms with E-state index in [2.05, 4.69) is 49.8 Å². The molecule has 2 aliphatic rings. The topological polar surface area (TPSA) is 27.6 Å².